The molecular formula is C21H30N2O4. The van der Waals surface area contributed by atoms with E-state index in [0.29, 0.717) is 32.7 Å². The molecule has 1 atom stereocenters. The van der Waals surface area contributed by atoms with Crippen LogP contribution in [-0.2, 0) is 20.7 Å². The number of amides is 2. The van der Waals surface area contributed by atoms with Gasteiger partial charge in [0.2, 0.25) is 11.8 Å². The second kappa shape index (κ2) is 8.74. The summed E-state index contributed by atoms with van der Waals surface area (Å²) in [5.74, 6) is 0.780. The standard InChI is InChI=1S/C21H30N2O4/c1-26-11-10-22-20(25)18-14-23(15-21(18)8-3-4-9-21)19(24)13-16-6-5-7-17(12-16)27-2/h5-7,12,18H,3-4,8-11,13-15H2,1-2H3,(H,22,25). The van der Waals surface area contributed by atoms with Crippen LogP contribution in [0.15, 0.2) is 24.3 Å². The number of likely N-dealkylation sites (tertiary alicyclic amines) is 1. The molecule has 1 spiro atoms. The molecule has 1 aromatic rings. The van der Waals surface area contributed by atoms with Crippen molar-refractivity contribution >= 4 is 11.8 Å². The number of hydrogen-bond acceptors (Lipinski definition) is 4. The van der Waals surface area contributed by atoms with Crippen LogP contribution in [0.5, 0.6) is 5.75 Å². The second-order valence-corrected chi connectivity index (χ2v) is 7.71. The zero-order chi connectivity index (χ0) is 19.3. The van der Waals surface area contributed by atoms with Crippen LogP contribution < -0.4 is 10.1 Å². The monoisotopic (exact) mass is 374 g/mol. The van der Waals surface area contributed by atoms with Crippen LogP contribution in [0.1, 0.15) is 31.2 Å². The lowest BCUT2D eigenvalue weighted by Crippen LogP contribution is -2.41. The molecule has 1 N–H and O–H groups in total. The molecule has 148 valence electrons. The van der Waals surface area contributed by atoms with E-state index in [1.807, 2.05) is 29.2 Å². The van der Waals surface area contributed by atoms with Crippen LogP contribution in [0.2, 0.25) is 0 Å². The Hall–Kier alpha value is -2.08. The average Bonchev–Trinajstić information content (AvgIpc) is 3.30. The first-order valence-electron chi connectivity index (χ1n) is 9.75. The van der Waals surface area contributed by atoms with Gasteiger partial charge in [-0.05, 0) is 30.5 Å². The van der Waals surface area contributed by atoms with Crippen LogP contribution in [0, 0.1) is 11.3 Å². The summed E-state index contributed by atoms with van der Waals surface area (Å²) in [6.07, 6.45) is 4.67. The van der Waals surface area contributed by atoms with Gasteiger partial charge in [0, 0.05) is 32.2 Å². The minimum absolute atomic E-state index is 0.0544. The second-order valence-electron chi connectivity index (χ2n) is 7.71. The molecule has 1 unspecified atom stereocenters. The van der Waals surface area contributed by atoms with Gasteiger partial charge in [-0.15, -0.1) is 0 Å². The van der Waals surface area contributed by atoms with E-state index in [9.17, 15) is 9.59 Å². The molecule has 0 aromatic heterocycles. The van der Waals surface area contributed by atoms with E-state index in [-0.39, 0.29) is 23.1 Å². The maximum Gasteiger partial charge on any atom is 0.227 e. The summed E-state index contributed by atoms with van der Waals surface area (Å²) in [7, 11) is 3.25. The van der Waals surface area contributed by atoms with Crippen molar-refractivity contribution in [2.24, 2.45) is 11.3 Å². The molecule has 1 aliphatic carbocycles. The van der Waals surface area contributed by atoms with Crippen molar-refractivity contribution in [1.29, 1.82) is 0 Å². The number of rotatable bonds is 7. The topological polar surface area (TPSA) is 67.9 Å². The summed E-state index contributed by atoms with van der Waals surface area (Å²) in [6.45, 7) is 2.23. The number of methoxy groups -OCH3 is 2. The van der Waals surface area contributed by atoms with Crippen molar-refractivity contribution in [3.63, 3.8) is 0 Å². The highest BCUT2D eigenvalue weighted by atomic mass is 16.5. The van der Waals surface area contributed by atoms with E-state index in [1.165, 1.54) is 0 Å². The Morgan fingerprint density at radius 1 is 1.26 bits per heavy atom. The van der Waals surface area contributed by atoms with Crippen molar-refractivity contribution in [2.75, 3.05) is 40.5 Å². The molecule has 1 aromatic carbocycles. The molecular weight excluding hydrogens is 344 g/mol. The van der Waals surface area contributed by atoms with Crippen molar-refractivity contribution < 1.29 is 19.1 Å². The lowest BCUT2D eigenvalue weighted by atomic mass is 9.76. The number of benzene rings is 1. The van der Waals surface area contributed by atoms with E-state index >= 15 is 0 Å². The molecule has 2 amide bonds. The summed E-state index contributed by atoms with van der Waals surface area (Å²) >= 11 is 0. The smallest absolute Gasteiger partial charge is 0.227 e. The quantitative estimate of drug-likeness (QED) is 0.742. The Bertz CT molecular complexity index is 670. The summed E-state index contributed by atoms with van der Waals surface area (Å²) in [5.41, 5.74) is 0.883. The van der Waals surface area contributed by atoms with Crippen molar-refractivity contribution in [1.82, 2.24) is 10.2 Å². The summed E-state index contributed by atoms with van der Waals surface area (Å²) in [6, 6.07) is 7.61. The number of hydrogen-bond donors (Lipinski definition) is 1. The summed E-state index contributed by atoms with van der Waals surface area (Å²) in [5, 5.41) is 2.98. The SMILES string of the molecule is COCCNC(=O)C1CN(C(=O)Cc2cccc(OC)c2)CC12CCCC2. The fourth-order valence-corrected chi connectivity index (χ4v) is 4.57. The summed E-state index contributed by atoms with van der Waals surface area (Å²) < 4.78 is 10.3. The van der Waals surface area contributed by atoms with E-state index in [2.05, 4.69) is 5.32 Å². The third-order valence-corrected chi connectivity index (χ3v) is 6.01. The minimum Gasteiger partial charge on any atom is -0.497 e. The highest BCUT2D eigenvalue weighted by molar-refractivity contribution is 5.84. The molecule has 6 nitrogen and oxygen atoms in total. The molecule has 3 rings (SSSR count). The third-order valence-electron chi connectivity index (χ3n) is 6.01. The molecule has 1 saturated carbocycles. The Morgan fingerprint density at radius 2 is 2.04 bits per heavy atom. The van der Waals surface area contributed by atoms with Gasteiger partial charge < -0.3 is 19.7 Å². The number of nitrogens with one attached hydrogen (secondary N) is 1. The first-order chi connectivity index (χ1) is 13.1. The van der Waals surface area contributed by atoms with Crippen LogP contribution in [-0.4, -0.2) is 57.2 Å². The Balaban J connectivity index is 1.67. The van der Waals surface area contributed by atoms with E-state index in [0.717, 1.165) is 37.0 Å². The van der Waals surface area contributed by atoms with Gasteiger partial charge >= 0.3 is 0 Å². The average molecular weight is 374 g/mol. The molecule has 27 heavy (non-hydrogen) atoms. The zero-order valence-electron chi connectivity index (χ0n) is 16.3. The van der Waals surface area contributed by atoms with Gasteiger partial charge in [-0.2, -0.15) is 0 Å². The zero-order valence-corrected chi connectivity index (χ0v) is 16.3. The first-order valence-corrected chi connectivity index (χ1v) is 9.75. The normalized spacial score (nSPS) is 20.8. The maximum absolute atomic E-state index is 12.9. The molecule has 6 heteroatoms. The van der Waals surface area contributed by atoms with Crippen LogP contribution in [0.25, 0.3) is 0 Å². The Labute approximate surface area is 161 Å². The van der Waals surface area contributed by atoms with Gasteiger partial charge in [0.1, 0.15) is 5.75 Å². The third kappa shape index (κ3) is 4.43. The highest BCUT2D eigenvalue weighted by Gasteiger charge is 2.52. The van der Waals surface area contributed by atoms with Crippen molar-refractivity contribution in [3.05, 3.63) is 29.8 Å². The van der Waals surface area contributed by atoms with Gasteiger partial charge in [-0.1, -0.05) is 25.0 Å². The highest BCUT2D eigenvalue weighted by Crippen LogP contribution is 2.49. The molecule has 0 bridgehead atoms. The molecule has 2 fully saturated rings. The lowest BCUT2D eigenvalue weighted by molar-refractivity contribution is -0.130. The first kappa shape index (κ1) is 19.7. The number of carbonyl (C=O) groups excluding carboxylic acids is 2. The predicted molar refractivity (Wildman–Crippen MR) is 103 cm³/mol. The van der Waals surface area contributed by atoms with Crippen LogP contribution in [0.3, 0.4) is 0 Å². The molecule has 1 heterocycles. The van der Waals surface area contributed by atoms with Gasteiger partial charge in [0.05, 0.1) is 26.1 Å². The maximum atomic E-state index is 12.9. The fraction of sp³-hybridized carbons (Fsp3) is 0.619. The van der Waals surface area contributed by atoms with Gasteiger partial charge in [-0.25, -0.2) is 0 Å². The number of ether oxygens (including phenoxy) is 2. The number of carbonyl (C=O) groups is 2. The Kier molecular flexibility index (Phi) is 6.37. The molecule has 1 aliphatic heterocycles. The Morgan fingerprint density at radius 3 is 2.74 bits per heavy atom. The lowest BCUT2D eigenvalue weighted by Gasteiger charge is -2.28. The molecule has 0 radical (unpaired) electrons. The van der Waals surface area contributed by atoms with Gasteiger partial charge in [0.25, 0.3) is 0 Å². The van der Waals surface area contributed by atoms with Crippen LogP contribution in [0.4, 0.5) is 0 Å². The number of nitrogens with zero attached hydrogens (tertiary/aromatic N) is 1. The van der Waals surface area contributed by atoms with E-state index < -0.39 is 0 Å². The summed E-state index contributed by atoms with van der Waals surface area (Å²) in [4.78, 5) is 27.6. The predicted octanol–water partition coefficient (Wildman–Crippen LogP) is 2.02. The van der Waals surface area contributed by atoms with E-state index in [4.69, 9.17) is 9.47 Å². The van der Waals surface area contributed by atoms with Crippen LogP contribution >= 0.6 is 0 Å². The molecule has 1 saturated heterocycles. The van der Waals surface area contributed by atoms with E-state index in [1.54, 1.807) is 14.2 Å². The van der Waals surface area contributed by atoms with Crippen molar-refractivity contribution in [3.8, 4) is 5.75 Å². The van der Waals surface area contributed by atoms with Gasteiger partial charge in [0.15, 0.2) is 0 Å². The minimum atomic E-state index is -0.119. The fourth-order valence-electron chi connectivity index (χ4n) is 4.57. The van der Waals surface area contributed by atoms with Crippen molar-refractivity contribution in [2.45, 2.75) is 32.1 Å². The largest absolute Gasteiger partial charge is 0.497 e. The molecule has 2 aliphatic rings. The van der Waals surface area contributed by atoms with Gasteiger partial charge in [-0.3, -0.25) is 9.59 Å².